The molecule has 6 aromatic rings. The third-order valence-corrected chi connectivity index (χ3v) is 13.8. The van der Waals surface area contributed by atoms with Crippen molar-refractivity contribution in [3.05, 3.63) is 175 Å². The zero-order valence-electron chi connectivity index (χ0n) is 44.9. The fourth-order valence-electron chi connectivity index (χ4n) is 9.48. The van der Waals surface area contributed by atoms with Gasteiger partial charge < -0.3 is 29.2 Å². The summed E-state index contributed by atoms with van der Waals surface area (Å²) in [5, 5.41) is 25.4. The van der Waals surface area contributed by atoms with Gasteiger partial charge in [0.25, 0.3) is 0 Å². The summed E-state index contributed by atoms with van der Waals surface area (Å²) in [6, 6.07) is 33.5. The minimum absolute atomic E-state index is 0.216. The van der Waals surface area contributed by atoms with E-state index in [4.69, 9.17) is 28.9 Å². The van der Waals surface area contributed by atoms with Crippen LogP contribution in [0.2, 0.25) is 0 Å². The van der Waals surface area contributed by atoms with E-state index in [0.717, 1.165) is 89.4 Å². The molecule has 8 heteroatoms. The highest BCUT2D eigenvalue weighted by atomic mass is 16.5. The molecule has 0 saturated carbocycles. The number of phenols is 2. The normalized spacial score (nSPS) is 15.1. The summed E-state index contributed by atoms with van der Waals surface area (Å²) in [6.07, 6.45) is 5.37. The number of hydrogen-bond donors (Lipinski definition) is 2. The Morgan fingerprint density at radius 2 is 0.639 bits per heavy atom. The number of rotatable bonds is 0. The zero-order chi connectivity index (χ0) is 51.6. The summed E-state index contributed by atoms with van der Waals surface area (Å²) in [6.45, 7) is 28.8. The lowest BCUT2D eigenvalue weighted by molar-refractivity contribution is 0.217. The molecule has 9 rings (SSSR count). The first kappa shape index (κ1) is 51.8. The Labute approximate surface area is 429 Å². The zero-order valence-corrected chi connectivity index (χ0v) is 44.9. The van der Waals surface area contributed by atoms with E-state index in [9.17, 15) is 10.2 Å². The van der Waals surface area contributed by atoms with Crippen LogP contribution >= 0.6 is 0 Å². The molecular weight excluding hydrogens is 893 g/mol. The molecule has 0 aromatic heterocycles. The van der Waals surface area contributed by atoms with Gasteiger partial charge in [0, 0.05) is 49.2 Å². The fraction of sp³-hybridized carbons (Fsp3) is 0.406. The van der Waals surface area contributed by atoms with Crippen LogP contribution in [0.1, 0.15) is 161 Å². The highest BCUT2D eigenvalue weighted by Crippen LogP contribution is 2.44. The predicted molar refractivity (Wildman–Crippen MR) is 295 cm³/mol. The summed E-state index contributed by atoms with van der Waals surface area (Å²) in [4.78, 5) is 9.73. The number of fused-ring (bicyclic) bond motifs is 9. The maximum Gasteiger partial charge on any atom is 0.128 e. The molecule has 0 radical (unpaired) electrons. The summed E-state index contributed by atoms with van der Waals surface area (Å²) in [5.41, 5.74) is 12.6. The van der Waals surface area contributed by atoms with Crippen molar-refractivity contribution in [3.63, 3.8) is 0 Å². The fourth-order valence-corrected chi connectivity index (χ4v) is 9.48. The smallest absolute Gasteiger partial charge is 0.128 e. The van der Waals surface area contributed by atoms with Crippen molar-refractivity contribution in [2.24, 2.45) is 9.98 Å². The van der Waals surface area contributed by atoms with Gasteiger partial charge in [-0.05, 0) is 113 Å². The number of ether oxygens (including phenoxy) is 4. The van der Waals surface area contributed by atoms with Crippen molar-refractivity contribution in [3.8, 4) is 34.5 Å². The van der Waals surface area contributed by atoms with E-state index in [1.165, 1.54) is 0 Å². The van der Waals surface area contributed by atoms with Crippen LogP contribution < -0.4 is 18.9 Å². The number of aromatic hydroxyl groups is 2. The minimum Gasteiger partial charge on any atom is -0.507 e. The van der Waals surface area contributed by atoms with Crippen molar-refractivity contribution >= 4 is 12.4 Å². The molecule has 0 unspecified atom stereocenters. The third kappa shape index (κ3) is 12.2. The standard InChI is InChI=1S/C64H76N2O6/c1-61(2,3)51-31-43-27-47-35-53(63(7,8)9)37-49-29-45-33-52(62(4,5)6)34-46(58(45)68)30-50-38-54(64(10,11)12)36-48(28-44(32-51)57(43)67)60(50)72-24-22-66-40-42-18-14-16-20-56(42)70-26-25-69-55-19-15-13-17-41(55)39-65-21-23-71-59(47)49/h13-20,31-40,67-68H,21-30H2,1-12H3. The average Bonchev–Trinajstić information content (AvgIpc) is 3.30. The van der Waals surface area contributed by atoms with Gasteiger partial charge in [0.15, 0.2) is 0 Å². The highest BCUT2D eigenvalue weighted by Gasteiger charge is 2.29. The predicted octanol–water partition coefficient (Wildman–Crippen LogP) is 13.7. The van der Waals surface area contributed by atoms with Crippen molar-refractivity contribution in [1.82, 2.24) is 0 Å². The molecule has 72 heavy (non-hydrogen) atoms. The molecule has 10 bridgehead atoms. The van der Waals surface area contributed by atoms with Crippen LogP contribution in [0.5, 0.6) is 34.5 Å². The second-order valence-electron chi connectivity index (χ2n) is 23.8. The number of phenolic OH excluding ortho intramolecular Hbond substituents is 2. The van der Waals surface area contributed by atoms with Crippen molar-refractivity contribution in [1.29, 1.82) is 0 Å². The Morgan fingerprint density at radius 1 is 0.361 bits per heavy atom. The minimum atomic E-state index is -0.221. The molecule has 3 aliphatic rings. The SMILES string of the molecule is CC(C)(C)c1cc2c(O)c(c1)Cc1cc(C(C)(C)C)cc3c1OCCN=Cc1ccccc1OCCOc1ccccc1C=NCCOc1c(cc(C(C)(C)C)cc1Cc1cc(C(C)(C)C)cc(c1O)C3)C2. The molecule has 0 atom stereocenters. The van der Waals surface area contributed by atoms with Crippen LogP contribution in [0.15, 0.2) is 107 Å². The van der Waals surface area contributed by atoms with Crippen LogP contribution in [-0.4, -0.2) is 62.2 Å². The van der Waals surface area contributed by atoms with Gasteiger partial charge in [-0.25, -0.2) is 0 Å². The van der Waals surface area contributed by atoms with Crippen LogP contribution in [0.25, 0.3) is 0 Å². The Hall–Kier alpha value is -6.54. The van der Waals surface area contributed by atoms with E-state index < -0.39 is 0 Å². The van der Waals surface area contributed by atoms with Gasteiger partial charge in [0.1, 0.15) is 60.9 Å². The molecule has 8 nitrogen and oxygen atoms in total. The van der Waals surface area contributed by atoms with Gasteiger partial charge in [-0.2, -0.15) is 0 Å². The lowest BCUT2D eigenvalue weighted by Crippen LogP contribution is -2.17. The van der Waals surface area contributed by atoms with Crippen molar-refractivity contribution < 1.29 is 29.2 Å². The number of para-hydroxylation sites is 2. The Bertz CT molecular complexity index is 2690. The molecule has 6 aromatic carbocycles. The second kappa shape index (κ2) is 20.9. The average molecular weight is 969 g/mol. The van der Waals surface area contributed by atoms with E-state index in [-0.39, 0.29) is 33.2 Å². The van der Waals surface area contributed by atoms with E-state index in [1.807, 2.05) is 61.0 Å². The highest BCUT2D eigenvalue weighted by molar-refractivity contribution is 5.84. The van der Waals surface area contributed by atoms with Crippen LogP contribution in [-0.2, 0) is 47.3 Å². The van der Waals surface area contributed by atoms with Gasteiger partial charge in [0.05, 0.1) is 13.1 Å². The quantitative estimate of drug-likeness (QED) is 0.157. The lowest BCUT2D eigenvalue weighted by atomic mass is 9.79. The Kier molecular flexibility index (Phi) is 15.0. The molecule has 0 spiro atoms. The Balaban J connectivity index is 1.38. The number of nitrogens with zero attached hydrogens (tertiary/aromatic N) is 2. The first-order valence-electron chi connectivity index (χ1n) is 25.7. The van der Waals surface area contributed by atoms with Crippen LogP contribution in [0.4, 0.5) is 0 Å². The number of hydrogen-bond acceptors (Lipinski definition) is 8. The Morgan fingerprint density at radius 3 is 0.931 bits per heavy atom. The molecule has 2 aliphatic heterocycles. The first-order valence-corrected chi connectivity index (χ1v) is 25.7. The van der Waals surface area contributed by atoms with Crippen molar-refractivity contribution in [2.75, 3.05) is 39.5 Å². The van der Waals surface area contributed by atoms with Crippen LogP contribution in [0.3, 0.4) is 0 Å². The van der Waals surface area contributed by atoms with Gasteiger partial charge >= 0.3 is 0 Å². The lowest BCUT2D eigenvalue weighted by Gasteiger charge is -2.28. The van der Waals surface area contributed by atoms with Gasteiger partial charge in [-0.3, -0.25) is 9.98 Å². The summed E-state index contributed by atoms with van der Waals surface area (Å²) < 4.78 is 26.5. The topological polar surface area (TPSA) is 102 Å². The molecule has 2 heterocycles. The molecule has 0 amide bonds. The van der Waals surface area contributed by atoms with Gasteiger partial charge in [-0.1, -0.05) is 156 Å². The molecule has 378 valence electrons. The third-order valence-electron chi connectivity index (χ3n) is 13.8. The van der Waals surface area contributed by atoms with Gasteiger partial charge in [0.2, 0.25) is 0 Å². The largest absolute Gasteiger partial charge is 0.507 e. The molecule has 1 aliphatic carbocycles. The number of aliphatic imine (C=N–C) groups is 2. The maximum absolute atomic E-state index is 12.7. The molecule has 0 saturated heterocycles. The van der Waals surface area contributed by atoms with E-state index in [2.05, 4.69) is 132 Å². The molecular formula is C64H76N2O6. The van der Waals surface area contributed by atoms with Gasteiger partial charge in [-0.15, -0.1) is 0 Å². The summed E-state index contributed by atoms with van der Waals surface area (Å²) in [5.74, 6) is 3.45. The summed E-state index contributed by atoms with van der Waals surface area (Å²) >= 11 is 0. The van der Waals surface area contributed by atoms with Crippen molar-refractivity contribution in [2.45, 2.75) is 130 Å². The van der Waals surface area contributed by atoms with E-state index in [1.54, 1.807) is 0 Å². The summed E-state index contributed by atoms with van der Waals surface area (Å²) in [7, 11) is 0. The second-order valence-corrected chi connectivity index (χ2v) is 23.8. The van der Waals surface area contributed by atoms with E-state index >= 15 is 0 Å². The maximum atomic E-state index is 12.7. The van der Waals surface area contributed by atoms with Crippen LogP contribution in [0, 0.1) is 0 Å². The monoisotopic (exact) mass is 969 g/mol. The van der Waals surface area contributed by atoms with E-state index in [0.29, 0.717) is 76.7 Å². The molecule has 0 fully saturated rings. The first-order chi connectivity index (χ1) is 34.0. The molecule has 2 N–H and O–H groups in total. The number of benzene rings is 6.